The number of hydrogen-bond donors (Lipinski definition) is 1. The number of piperazine rings is 1. The average molecular weight is 431 g/mol. The third-order valence-electron chi connectivity index (χ3n) is 5.82. The summed E-state index contributed by atoms with van der Waals surface area (Å²) in [6.07, 6.45) is 2.58. The summed E-state index contributed by atoms with van der Waals surface area (Å²) >= 11 is 0. The summed E-state index contributed by atoms with van der Waals surface area (Å²) < 4.78 is 0. The van der Waals surface area contributed by atoms with Gasteiger partial charge in [-0.05, 0) is 43.5 Å². The van der Waals surface area contributed by atoms with E-state index in [1.54, 1.807) is 6.20 Å². The molecule has 32 heavy (non-hydrogen) atoms. The number of aromatic nitrogens is 3. The number of carbonyl (C=O) groups excluding carboxylic acids is 1. The van der Waals surface area contributed by atoms with E-state index in [1.807, 2.05) is 67.3 Å². The number of anilines is 3. The molecule has 7 nitrogen and oxygen atoms in total. The highest BCUT2D eigenvalue weighted by molar-refractivity contribution is 5.84. The molecule has 1 fully saturated rings. The minimum Gasteiger partial charge on any atom is -0.353 e. The van der Waals surface area contributed by atoms with Gasteiger partial charge in [0.1, 0.15) is 23.3 Å². The highest BCUT2D eigenvalue weighted by Crippen LogP contribution is 2.24. The molecule has 0 spiro atoms. The van der Waals surface area contributed by atoms with Gasteiger partial charge in [-0.3, -0.25) is 4.79 Å². The predicted molar refractivity (Wildman–Crippen MR) is 127 cm³/mol. The summed E-state index contributed by atoms with van der Waals surface area (Å²) in [6.45, 7) is 8.87. The van der Waals surface area contributed by atoms with Gasteiger partial charge >= 0.3 is 0 Å². The van der Waals surface area contributed by atoms with E-state index < -0.39 is 0 Å². The summed E-state index contributed by atoms with van der Waals surface area (Å²) in [5.74, 6) is 3.18. The van der Waals surface area contributed by atoms with Gasteiger partial charge in [0.15, 0.2) is 0 Å². The smallest absolute Gasteiger partial charge is 0.230 e. The molecule has 1 atom stereocenters. The van der Waals surface area contributed by atoms with Crippen LogP contribution in [0.1, 0.15) is 36.2 Å². The van der Waals surface area contributed by atoms with Crippen LogP contribution in [0.25, 0.3) is 0 Å². The third-order valence-corrected chi connectivity index (χ3v) is 5.82. The van der Waals surface area contributed by atoms with Crippen molar-refractivity contribution in [1.29, 1.82) is 0 Å². The van der Waals surface area contributed by atoms with Crippen molar-refractivity contribution >= 4 is 23.4 Å². The van der Waals surface area contributed by atoms with Crippen LogP contribution in [0.2, 0.25) is 0 Å². The fourth-order valence-corrected chi connectivity index (χ4v) is 4.13. The number of amides is 1. The quantitative estimate of drug-likeness (QED) is 0.635. The maximum absolute atomic E-state index is 13.2. The van der Waals surface area contributed by atoms with Crippen LogP contribution in [0.3, 0.4) is 0 Å². The Morgan fingerprint density at radius 3 is 2.44 bits per heavy atom. The molecule has 3 heterocycles. The topological polar surface area (TPSA) is 74.2 Å². The number of benzene rings is 1. The van der Waals surface area contributed by atoms with E-state index in [4.69, 9.17) is 0 Å². The fraction of sp³-hybridized carbons (Fsp3) is 0.360. The maximum atomic E-state index is 13.2. The molecule has 1 unspecified atom stereocenters. The van der Waals surface area contributed by atoms with Crippen molar-refractivity contribution in [2.24, 2.45) is 0 Å². The zero-order chi connectivity index (χ0) is 22.5. The van der Waals surface area contributed by atoms with Crippen molar-refractivity contribution < 1.29 is 4.79 Å². The largest absolute Gasteiger partial charge is 0.353 e. The van der Waals surface area contributed by atoms with Gasteiger partial charge in [0, 0.05) is 38.4 Å². The second kappa shape index (κ2) is 9.77. The van der Waals surface area contributed by atoms with Crippen molar-refractivity contribution in [3.63, 3.8) is 0 Å². The molecule has 1 N–H and O–H groups in total. The highest BCUT2D eigenvalue weighted by atomic mass is 16.2. The standard InChI is InChI=1S/C25H30N6O/c1-4-21(20-8-6-5-7-9-20)25(32)31-14-12-30(13-15-31)24-17-23(27-19(3)28-24)29-22-16-18(2)10-11-26-22/h5-11,16-17,21H,4,12-15H2,1-3H3,(H,26,27,28,29). The van der Waals surface area contributed by atoms with Gasteiger partial charge in [0.05, 0.1) is 5.92 Å². The van der Waals surface area contributed by atoms with Crippen LogP contribution < -0.4 is 10.2 Å². The van der Waals surface area contributed by atoms with Crippen LogP contribution in [0.15, 0.2) is 54.7 Å². The normalized spacial score (nSPS) is 14.8. The monoisotopic (exact) mass is 430 g/mol. The first kappa shape index (κ1) is 21.7. The molecule has 3 aromatic rings. The SMILES string of the molecule is CCC(C(=O)N1CCN(c2cc(Nc3cc(C)ccn3)nc(C)n2)CC1)c1ccccc1. The lowest BCUT2D eigenvalue weighted by Gasteiger charge is -2.37. The molecule has 7 heteroatoms. The summed E-state index contributed by atoms with van der Waals surface area (Å²) in [6, 6.07) is 16.0. The van der Waals surface area contributed by atoms with Gasteiger partial charge in [-0.15, -0.1) is 0 Å². The maximum Gasteiger partial charge on any atom is 0.230 e. The summed E-state index contributed by atoms with van der Waals surface area (Å²) in [5, 5.41) is 3.28. The lowest BCUT2D eigenvalue weighted by atomic mass is 9.95. The molecule has 1 amide bonds. The summed E-state index contributed by atoms with van der Waals surface area (Å²) in [4.78, 5) is 30.9. The zero-order valence-electron chi connectivity index (χ0n) is 19.0. The molecule has 1 aliphatic rings. The van der Waals surface area contributed by atoms with Crippen molar-refractivity contribution in [1.82, 2.24) is 19.9 Å². The van der Waals surface area contributed by atoms with E-state index in [1.165, 1.54) is 0 Å². The lowest BCUT2D eigenvalue weighted by molar-refractivity contribution is -0.133. The Bertz CT molecular complexity index is 1060. The number of nitrogens with zero attached hydrogens (tertiary/aromatic N) is 5. The molecular weight excluding hydrogens is 400 g/mol. The minimum absolute atomic E-state index is 0.0818. The Morgan fingerprint density at radius 1 is 1.00 bits per heavy atom. The molecule has 1 aliphatic heterocycles. The number of aryl methyl sites for hydroxylation is 2. The van der Waals surface area contributed by atoms with Crippen molar-refractivity contribution in [2.45, 2.75) is 33.1 Å². The minimum atomic E-state index is -0.0818. The Balaban J connectivity index is 1.42. The first-order chi connectivity index (χ1) is 15.5. The number of nitrogens with one attached hydrogen (secondary N) is 1. The Kier molecular flexibility index (Phi) is 6.63. The fourth-order valence-electron chi connectivity index (χ4n) is 4.13. The van der Waals surface area contributed by atoms with Crippen LogP contribution in [0.5, 0.6) is 0 Å². The van der Waals surface area contributed by atoms with Crippen LogP contribution in [0.4, 0.5) is 17.5 Å². The van der Waals surface area contributed by atoms with Gasteiger partial charge in [0.25, 0.3) is 0 Å². The van der Waals surface area contributed by atoms with E-state index in [0.717, 1.165) is 48.1 Å². The summed E-state index contributed by atoms with van der Waals surface area (Å²) in [7, 11) is 0. The number of hydrogen-bond acceptors (Lipinski definition) is 6. The molecule has 0 saturated carbocycles. The van der Waals surface area contributed by atoms with Crippen LogP contribution in [-0.4, -0.2) is 51.9 Å². The molecular formula is C25H30N6O. The predicted octanol–water partition coefficient (Wildman–Crippen LogP) is 4.07. The molecule has 4 rings (SSSR count). The number of carbonyl (C=O) groups is 1. The Morgan fingerprint density at radius 2 is 1.75 bits per heavy atom. The Labute approximate surface area is 189 Å². The zero-order valence-corrected chi connectivity index (χ0v) is 19.0. The molecule has 166 valence electrons. The van der Waals surface area contributed by atoms with E-state index in [9.17, 15) is 4.79 Å². The molecule has 0 radical (unpaired) electrons. The Hall–Kier alpha value is -3.48. The van der Waals surface area contributed by atoms with E-state index in [2.05, 4.69) is 32.1 Å². The van der Waals surface area contributed by atoms with Gasteiger partial charge in [-0.1, -0.05) is 37.3 Å². The van der Waals surface area contributed by atoms with Crippen molar-refractivity contribution in [3.05, 3.63) is 71.7 Å². The first-order valence-electron chi connectivity index (χ1n) is 11.2. The van der Waals surface area contributed by atoms with E-state index >= 15 is 0 Å². The second-order valence-corrected chi connectivity index (χ2v) is 8.19. The number of rotatable bonds is 6. The van der Waals surface area contributed by atoms with Crippen molar-refractivity contribution in [2.75, 3.05) is 36.4 Å². The second-order valence-electron chi connectivity index (χ2n) is 8.19. The lowest BCUT2D eigenvalue weighted by Crippen LogP contribution is -2.50. The molecule has 0 aliphatic carbocycles. The molecule has 1 aromatic carbocycles. The highest BCUT2D eigenvalue weighted by Gasteiger charge is 2.28. The first-order valence-corrected chi connectivity index (χ1v) is 11.2. The molecule has 1 saturated heterocycles. The van der Waals surface area contributed by atoms with Crippen LogP contribution >= 0.6 is 0 Å². The van der Waals surface area contributed by atoms with E-state index in [0.29, 0.717) is 18.9 Å². The summed E-state index contributed by atoms with van der Waals surface area (Å²) in [5.41, 5.74) is 2.23. The van der Waals surface area contributed by atoms with E-state index in [-0.39, 0.29) is 11.8 Å². The van der Waals surface area contributed by atoms with Gasteiger partial charge < -0.3 is 15.1 Å². The van der Waals surface area contributed by atoms with Crippen LogP contribution in [-0.2, 0) is 4.79 Å². The third kappa shape index (κ3) is 5.04. The van der Waals surface area contributed by atoms with Crippen LogP contribution in [0, 0.1) is 13.8 Å². The van der Waals surface area contributed by atoms with Gasteiger partial charge in [-0.2, -0.15) is 0 Å². The van der Waals surface area contributed by atoms with Gasteiger partial charge in [0.2, 0.25) is 5.91 Å². The average Bonchev–Trinajstić information content (AvgIpc) is 2.80. The number of pyridine rings is 1. The molecule has 0 bridgehead atoms. The van der Waals surface area contributed by atoms with Gasteiger partial charge in [-0.25, -0.2) is 15.0 Å². The van der Waals surface area contributed by atoms with Crippen molar-refractivity contribution in [3.8, 4) is 0 Å². The molecule has 2 aromatic heterocycles.